The van der Waals surface area contributed by atoms with Crippen molar-refractivity contribution in [3.8, 4) is 17.0 Å². The molecule has 28 heavy (non-hydrogen) atoms. The van der Waals surface area contributed by atoms with Crippen LogP contribution in [-0.4, -0.2) is 52.2 Å². The molecule has 3 rings (SSSR count). The van der Waals surface area contributed by atoms with E-state index in [4.69, 9.17) is 0 Å². The number of halogens is 2. The van der Waals surface area contributed by atoms with Crippen LogP contribution in [0.3, 0.4) is 0 Å². The number of hydrogen-bond donors (Lipinski definition) is 2. The van der Waals surface area contributed by atoms with Crippen molar-refractivity contribution in [2.24, 2.45) is 0 Å². The van der Waals surface area contributed by atoms with Gasteiger partial charge < -0.3 is 15.2 Å². The maximum atomic E-state index is 13.4. The molecule has 0 saturated carbocycles. The zero-order chi connectivity index (χ0) is 20.3. The zero-order valence-corrected chi connectivity index (χ0v) is 16.0. The molecule has 1 fully saturated rings. The van der Waals surface area contributed by atoms with Gasteiger partial charge in [-0.15, -0.1) is 10.2 Å². The summed E-state index contributed by atoms with van der Waals surface area (Å²) >= 11 is 0. The van der Waals surface area contributed by atoms with Crippen LogP contribution in [-0.2, 0) is 10.7 Å². The molecule has 1 aliphatic heterocycles. The number of anilines is 1. The van der Waals surface area contributed by atoms with Crippen LogP contribution in [0, 0.1) is 6.92 Å². The normalized spacial score (nSPS) is 18.1. The third kappa shape index (κ3) is 4.62. The number of piperidine rings is 1. The van der Waals surface area contributed by atoms with Gasteiger partial charge in [0.15, 0.2) is 0 Å². The van der Waals surface area contributed by atoms with Gasteiger partial charge in [-0.05, 0) is 50.1 Å². The monoisotopic (exact) mass is 390 g/mol. The number of nitrogens with zero attached hydrogens (tertiary/aromatic N) is 3. The highest BCUT2D eigenvalue weighted by molar-refractivity contribution is 5.70. The average molecular weight is 390 g/mol. The van der Waals surface area contributed by atoms with Crippen molar-refractivity contribution in [1.82, 2.24) is 15.1 Å². The number of aromatic nitrogens is 2. The van der Waals surface area contributed by atoms with Crippen molar-refractivity contribution in [2.45, 2.75) is 38.7 Å². The first-order valence-corrected chi connectivity index (χ1v) is 9.26. The Kier molecular flexibility index (Phi) is 5.88. The summed E-state index contributed by atoms with van der Waals surface area (Å²) in [6.07, 6.45) is 2.89. The van der Waals surface area contributed by atoms with E-state index >= 15 is 0 Å². The van der Waals surface area contributed by atoms with Crippen molar-refractivity contribution >= 4 is 12.1 Å². The van der Waals surface area contributed by atoms with Gasteiger partial charge in [0.2, 0.25) is 0 Å². The number of hydrogen-bond acceptors (Lipinski definition) is 6. The molecular formula is C20H24F2N4O2. The Morgan fingerprint density at radius 2 is 2.14 bits per heavy atom. The number of phenols is 1. The van der Waals surface area contributed by atoms with E-state index in [9.17, 15) is 18.7 Å². The van der Waals surface area contributed by atoms with Crippen molar-refractivity contribution in [3.05, 3.63) is 35.4 Å². The van der Waals surface area contributed by atoms with Crippen molar-refractivity contribution < 1.29 is 18.7 Å². The lowest BCUT2D eigenvalue weighted by Gasteiger charge is -2.32. The smallest absolute Gasteiger partial charge is 0.270 e. The maximum absolute atomic E-state index is 13.4. The molecule has 1 saturated heterocycles. The van der Waals surface area contributed by atoms with Crippen LogP contribution in [0.25, 0.3) is 11.3 Å². The summed E-state index contributed by atoms with van der Waals surface area (Å²) in [6, 6.07) is 5.78. The van der Waals surface area contributed by atoms with Crippen LogP contribution in [0.1, 0.15) is 30.9 Å². The Labute approximate surface area is 162 Å². The minimum absolute atomic E-state index is 0.174. The molecule has 0 spiro atoms. The molecule has 1 aromatic heterocycles. The molecule has 6 nitrogen and oxygen atoms in total. The molecule has 0 aliphatic carbocycles. The molecule has 150 valence electrons. The number of aromatic hydroxyl groups is 1. The number of alkyl halides is 2. The van der Waals surface area contributed by atoms with Crippen LogP contribution in [0.2, 0.25) is 0 Å². The molecule has 2 N–H and O–H groups in total. The van der Waals surface area contributed by atoms with E-state index in [2.05, 4.69) is 20.4 Å². The Morgan fingerprint density at radius 1 is 1.36 bits per heavy atom. The largest absolute Gasteiger partial charge is 0.507 e. The predicted molar refractivity (Wildman–Crippen MR) is 103 cm³/mol. The van der Waals surface area contributed by atoms with Crippen molar-refractivity contribution in [2.75, 3.05) is 25.0 Å². The van der Waals surface area contributed by atoms with E-state index in [1.807, 2.05) is 13.0 Å². The third-order valence-electron chi connectivity index (χ3n) is 4.93. The first-order valence-electron chi connectivity index (χ1n) is 9.26. The summed E-state index contributed by atoms with van der Waals surface area (Å²) in [5.74, 6) is -2.67. The molecule has 0 amide bonds. The quantitative estimate of drug-likeness (QED) is 0.737. The maximum Gasteiger partial charge on any atom is 0.270 e. The van der Waals surface area contributed by atoms with Gasteiger partial charge in [0.1, 0.15) is 17.9 Å². The summed E-state index contributed by atoms with van der Waals surface area (Å²) < 4.78 is 26.9. The predicted octanol–water partition coefficient (Wildman–Crippen LogP) is 3.34. The van der Waals surface area contributed by atoms with Gasteiger partial charge in [0.05, 0.1) is 12.2 Å². The molecule has 0 bridgehead atoms. The van der Waals surface area contributed by atoms with Gasteiger partial charge in [-0.25, -0.2) is 8.78 Å². The van der Waals surface area contributed by atoms with E-state index in [1.165, 1.54) is 12.1 Å². The number of phenolic OH excluding ortho intramolecular Hbond substituents is 1. The minimum Gasteiger partial charge on any atom is -0.507 e. The van der Waals surface area contributed by atoms with Gasteiger partial charge in [-0.3, -0.25) is 4.90 Å². The lowest BCUT2D eigenvalue weighted by molar-refractivity contribution is -0.109. The first kappa shape index (κ1) is 20.1. The Balaban J connectivity index is 1.77. The second kappa shape index (κ2) is 8.18. The molecule has 2 heterocycles. The van der Waals surface area contributed by atoms with Gasteiger partial charge in [0.25, 0.3) is 5.92 Å². The summed E-state index contributed by atoms with van der Waals surface area (Å²) in [5.41, 5.74) is 1.32. The summed E-state index contributed by atoms with van der Waals surface area (Å²) in [7, 11) is 0. The van der Waals surface area contributed by atoms with Crippen LogP contribution < -0.4 is 5.32 Å². The van der Waals surface area contributed by atoms with Crippen LogP contribution in [0.15, 0.2) is 24.3 Å². The number of rotatable bonds is 6. The molecule has 2 aromatic rings. The van der Waals surface area contributed by atoms with Crippen LogP contribution >= 0.6 is 0 Å². The van der Waals surface area contributed by atoms with E-state index in [0.29, 0.717) is 23.6 Å². The molecule has 1 aliphatic rings. The van der Waals surface area contributed by atoms with Crippen LogP contribution in [0.5, 0.6) is 5.75 Å². The molecule has 0 radical (unpaired) electrons. The number of aldehydes is 1. The number of carbonyl (C=O) groups is 1. The topological polar surface area (TPSA) is 78.4 Å². The summed E-state index contributed by atoms with van der Waals surface area (Å²) in [5, 5.41) is 21.9. The minimum atomic E-state index is -3.03. The van der Waals surface area contributed by atoms with E-state index in [1.54, 1.807) is 0 Å². The summed E-state index contributed by atoms with van der Waals surface area (Å²) in [6.45, 7) is 4.71. The second-order valence-electron chi connectivity index (χ2n) is 7.29. The lowest BCUT2D eigenvalue weighted by atomic mass is 10.0. The van der Waals surface area contributed by atoms with Crippen molar-refractivity contribution in [1.29, 1.82) is 0 Å². The molecule has 8 heteroatoms. The average Bonchev–Trinajstić information content (AvgIpc) is 2.62. The fourth-order valence-electron chi connectivity index (χ4n) is 3.48. The fraction of sp³-hybridized carbons (Fsp3) is 0.450. The summed E-state index contributed by atoms with van der Waals surface area (Å²) in [4.78, 5) is 12.8. The highest BCUT2D eigenvalue weighted by Gasteiger charge is 2.26. The molecular weight excluding hydrogens is 366 g/mol. The zero-order valence-electron chi connectivity index (χ0n) is 16.0. The van der Waals surface area contributed by atoms with Gasteiger partial charge in [-0.2, -0.15) is 0 Å². The highest BCUT2D eigenvalue weighted by atomic mass is 19.3. The Hall–Kier alpha value is -2.61. The number of benzene rings is 1. The molecule has 1 atom stereocenters. The highest BCUT2D eigenvalue weighted by Crippen LogP contribution is 2.36. The van der Waals surface area contributed by atoms with Crippen molar-refractivity contribution in [3.63, 3.8) is 0 Å². The Bertz CT molecular complexity index is 855. The lowest BCUT2D eigenvalue weighted by Crippen LogP contribution is -2.42. The van der Waals surface area contributed by atoms with E-state index < -0.39 is 5.92 Å². The van der Waals surface area contributed by atoms with E-state index in [-0.39, 0.29) is 17.4 Å². The molecule has 1 aromatic carbocycles. The van der Waals surface area contributed by atoms with Gasteiger partial charge >= 0.3 is 0 Å². The van der Waals surface area contributed by atoms with Gasteiger partial charge in [-0.1, -0.05) is 6.07 Å². The second-order valence-corrected chi connectivity index (χ2v) is 7.29. The Morgan fingerprint density at radius 3 is 2.79 bits per heavy atom. The molecule has 0 unspecified atom stereocenters. The van der Waals surface area contributed by atoms with Gasteiger partial charge in [0, 0.05) is 30.6 Å². The van der Waals surface area contributed by atoms with E-state index in [0.717, 1.165) is 50.8 Å². The van der Waals surface area contributed by atoms with Crippen LogP contribution in [0.4, 0.5) is 14.6 Å². The number of nitrogens with one attached hydrogen (secondary N) is 1. The number of carbonyl (C=O) groups excluding carboxylic acids is 1. The number of aryl methyl sites for hydroxylation is 1. The fourth-order valence-corrected chi connectivity index (χ4v) is 3.48. The first-order chi connectivity index (χ1) is 13.3. The number of likely N-dealkylation sites (tertiary alicyclic amines) is 1. The standard InChI is InChI=1S/C20H24F2N4O2/c1-13-10-18(23-15-4-3-7-26(12-15)8-9-27)24-25-19(13)16-6-5-14(11-17(16)28)20(2,21)22/h5-6,9-11,15,28H,3-4,7-8,12H2,1-2H3,(H,23,24)/t15-/m1/s1. The third-order valence-corrected chi connectivity index (χ3v) is 4.93. The SMILES string of the molecule is Cc1cc(N[C@@H]2CCCN(CC=O)C2)nnc1-c1ccc(C(C)(F)F)cc1O.